The van der Waals surface area contributed by atoms with Gasteiger partial charge < -0.3 is 9.72 Å². The van der Waals surface area contributed by atoms with Crippen molar-refractivity contribution in [3.63, 3.8) is 0 Å². The quantitative estimate of drug-likeness (QED) is 0.918. The molecule has 8 heteroatoms. The molecule has 25 heavy (non-hydrogen) atoms. The van der Waals surface area contributed by atoms with Crippen LogP contribution < -0.4 is 5.56 Å². The van der Waals surface area contributed by atoms with Crippen LogP contribution in [0.15, 0.2) is 29.1 Å². The number of aromatic amines is 1. The summed E-state index contributed by atoms with van der Waals surface area (Å²) in [5.74, 6) is 0.274. The number of hydrogen-bond donors (Lipinski definition) is 1. The summed E-state index contributed by atoms with van der Waals surface area (Å²) in [4.78, 5) is 21.4. The van der Waals surface area contributed by atoms with Gasteiger partial charge in [-0.3, -0.25) is 9.69 Å². The maximum atomic E-state index is 12.7. The Kier molecular flexibility index (Phi) is 4.91. The smallest absolute Gasteiger partial charge is 0.366 e. The van der Waals surface area contributed by atoms with Gasteiger partial charge in [0.15, 0.2) is 0 Å². The van der Waals surface area contributed by atoms with Crippen LogP contribution in [0, 0.1) is 0 Å². The van der Waals surface area contributed by atoms with Gasteiger partial charge in [0, 0.05) is 30.8 Å². The molecule has 0 saturated carbocycles. The molecule has 2 aromatic rings. The van der Waals surface area contributed by atoms with Gasteiger partial charge in [0.25, 0.3) is 5.56 Å². The summed E-state index contributed by atoms with van der Waals surface area (Å²) in [5.41, 5.74) is 0.734. The van der Waals surface area contributed by atoms with E-state index in [1.165, 1.54) is 12.1 Å². The van der Waals surface area contributed by atoms with Crippen LogP contribution in [-0.2, 0) is 23.9 Å². The molecule has 0 aliphatic carbocycles. The molecule has 134 valence electrons. The van der Waals surface area contributed by atoms with E-state index >= 15 is 0 Å². The monoisotopic (exact) mass is 353 g/mol. The van der Waals surface area contributed by atoms with Crippen LogP contribution in [0.4, 0.5) is 13.2 Å². The number of halogens is 3. The highest BCUT2D eigenvalue weighted by Gasteiger charge is 2.30. The van der Waals surface area contributed by atoms with Crippen LogP contribution in [0.25, 0.3) is 11.4 Å². The fourth-order valence-corrected chi connectivity index (χ4v) is 2.78. The predicted octanol–water partition coefficient (Wildman–Crippen LogP) is 2.81. The summed E-state index contributed by atoms with van der Waals surface area (Å²) in [7, 11) is 0. The molecule has 0 bridgehead atoms. The summed E-state index contributed by atoms with van der Waals surface area (Å²) in [6, 6.07) is 4.59. The Morgan fingerprint density at radius 3 is 2.64 bits per heavy atom. The molecule has 3 rings (SSSR count). The van der Waals surface area contributed by atoms with Crippen molar-refractivity contribution in [1.82, 2.24) is 14.9 Å². The number of H-pyrrole nitrogens is 1. The lowest BCUT2D eigenvalue weighted by molar-refractivity contribution is -0.137. The van der Waals surface area contributed by atoms with Gasteiger partial charge in [0.1, 0.15) is 5.82 Å². The van der Waals surface area contributed by atoms with E-state index < -0.39 is 11.7 Å². The van der Waals surface area contributed by atoms with Gasteiger partial charge in [0.2, 0.25) is 0 Å². The van der Waals surface area contributed by atoms with E-state index in [4.69, 9.17) is 4.74 Å². The molecule has 5 nitrogen and oxygen atoms in total. The summed E-state index contributed by atoms with van der Waals surface area (Å²) >= 11 is 0. The van der Waals surface area contributed by atoms with Gasteiger partial charge in [0.05, 0.1) is 18.0 Å². The maximum Gasteiger partial charge on any atom is 0.416 e. The van der Waals surface area contributed by atoms with Crippen LogP contribution >= 0.6 is 0 Å². The molecule has 0 amide bonds. The summed E-state index contributed by atoms with van der Waals surface area (Å²) < 4.78 is 43.4. The van der Waals surface area contributed by atoms with Crippen molar-refractivity contribution in [2.75, 3.05) is 19.9 Å². The van der Waals surface area contributed by atoms with Crippen LogP contribution in [0.3, 0.4) is 0 Å². The minimum atomic E-state index is -4.39. The largest absolute Gasteiger partial charge is 0.416 e. The fraction of sp³-hybridized carbons (Fsp3) is 0.412. The van der Waals surface area contributed by atoms with E-state index in [1.807, 2.05) is 11.8 Å². The number of ether oxygens (including phenoxy) is 1. The van der Waals surface area contributed by atoms with Gasteiger partial charge in [-0.2, -0.15) is 13.2 Å². The second kappa shape index (κ2) is 6.97. The lowest BCUT2D eigenvalue weighted by Crippen LogP contribution is -2.36. The number of aromatic nitrogens is 2. The van der Waals surface area contributed by atoms with Gasteiger partial charge >= 0.3 is 6.18 Å². The number of benzene rings is 1. The Hall–Kier alpha value is -2.19. The minimum absolute atomic E-state index is 0.240. The van der Waals surface area contributed by atoms with E-state index in [-0.39, 0.29) is 11.4 Å². The molecule has 1 aromatic heterocycles. The first kappa shape index (κ1) is 17.6. The Morgan fingerprint density at radius 2 is 2.00 bits per heavy atom. The molecular formula is C17H18F3N3O2. The highest BCUT2D eigenvalue weighted by Crippen LogP contribution is 2.30. The van der Waals surface area contributed by atoms with Gasteiger partial charge in [-0.05, 0) is 25.5 Å². The highest BCUT2D eigenvalue weighted by atomic mass is 19.4. The maximum absolute atomic E-state index is 12.7. The molecule has 0 atom stereocenters. The second-order valence-corrected chi connectivity index (χ2v) is 5.84. The Bertz CT molecular complexity index is 800. The molecule has 0 fully saturated rings. The summed E-state index contributed by atoms with van der Waals surface area (Å²) in [6.07, 6.45) is -3.83. The van der Waals surface area contributed by atoms with Gasteiger partial charge in [-0.1, -0.05) is 12.1 Å². The van der Waals surface area contributed by atoms with Gasteiger partial charge in [-0.25, -0.2) is 4.98 Å². The van der Waals surface area contributed by atoms with E-state index in [1.54, 1.807) is 0 Å². The van der Waals surface area contributed by atoms with Crippen molar-refractivity contribution >= 4 is 0 Å². The fourth-order valence-electron chi connectivity index (χ4n) is 2.78. The standard InChI is InChI=1S/C17H18F3N3O2/c1-2-25-10-23-8-7-13-14(9-23)21-15(22-16(13)24)11-3-5-12(6-4-11)17(18,19)20/h3-6H,2,7-10H2,1H3,(H,21,22,24). The third-order valence-corrected chi connectivity index (χ3v) is 4.12. The summed E-state index contributed by atoms with van der Waals surface area (Å²) in [6.45, 7) is 4.15. The van der Waals surface area contributed by atoms with Crippen LogP contribution in [0.1, 0.15) is 23.7 Å². The van der Waals surface area contributed by atoms with Crippen molar-refractivity contribution < 1.29 is 17.9 Å². The van der Waals surface area contributed by atoms with Crippen molar-refractivity contribution in [2.45, 2.75) is 26.1 Å². The minimum Gasteiger partial charge on any atom is -0.366 e. The molecule has 0 radical (unpaired) electrons. The van der Waals surface area contributed by atoms with E-state index in [0.29, 0.717) is 49.7 Å². The Labute approximate surface area is 142 Å². The third kappa shape index (κ3) is 3.91. The first-order chi connectivity index (χ1) is 11.9. The average molecular weight is 353 g/mol. The molecule has 2 heterocycles. The van der Waals surface area contributed by atoms with Crippen LogP contribution in [-0.4, -0.2) is 34.8 Å². The molecule has 1 N–H and O–H groups in total. The molecule has 0 unspecified atom stereocenters. The zero-order valence-corrected chi connectivity index (χ0v) is 13.7. The zero-order chi connectivity index (χ0) is 18.0. The molecular weight excluding hydrogens is 335 g/mol. The second-order valence-electron chi connectivity index (χ2n) is 5.84. The van der Waals surface area contributed by atoms with Crippen molar-refractivity contribution in [3.05, 3.63) is 51.4 Å². The van der Waals surface area contributed by atoms with E-state index in [0.717, 1.165) is 12.1 Å². The van der Waals surface area contributed by atoms with Crippen molar-refractivity contribution in [1.29, 1.82) is 0 Å². The van der Waals surface area contributed by atoms with Crippen LogP contribution in [0.5, 0.6) is 0 Å². The highest BCUT2D eigenvalue weighted by molar-refractivity contribution is 5.56. The molecule has 1 aliphatic heterocycles. The van der Waals surface area contributed by atoms with Crippen molar-refractivity contribution in [2.24, 2.45) is 0 Å². The third-order valence-electron chi connectivity index (χ3n) is 4.12. The number of alkyl halides is 3. The number of fused-ring (bicyclic) bond motifs is 1. The molecule has 0 spiro atoms. The number of hydrogen-bond acceptors (Lipinski definition) is 4. The van der Waals surface area contributed by atoms with E-state index in [9.17, 15) is 18.0 Å². The summed E-state index contributed by atoms with van der Waals surface area (Å²) in [5, 5.41) is 0. The SMILES string of the molecule is CCOCN1CCc2c(nc(-c3ccc(C(F)(F)F)cc3)[nH]c2=O)C1. The Balaban J connectivity index is 1.89. The first-order valence-corrected chi connectivity index (χ1v) is 7.98. The lowest BCUT2D eigenvalue weighted by Gasteiger charge is -2.27. The number of nitrogens with zero attached hydrogens (tertiary/aromatic N) is 2. The molecule has 1 aliphatic rings. The zero-order valence-electron chi connectivity index (χ0n) is 13.7. The lowest BCUT2D eigenvalue weighted by atomic mass is 10.1. The average Bonchev–Trinajstić information content (AvgIpc) is 2.59. The number of rotatable bonds is 4. The predicted molar refractivity (Wildman–Crippen MR) is 85.9 cm³/mol. The van der Waals surface area contributed by atoms with Crippen molar-refractivity contribution in [3.8, 4) is 11.4 Å². The first-order valence-electron chi connectivity index (χ1n) is 7.98. The molecule has 1 aromatic carbocycles. The van der Waals surface area contributed by atoms with E-state index in [2.05, 4.69) is 9.97 Å². The van der Waals surface area contributed by atoms with Gasteiger partial charge in [-0.15, -0.1) is 0 Å². The normalized spacial score (nSPS) is 15.2. The molecule has 0 saturated heterocycles. The number of nitrogens with one attached hydrogen (secondary N) is 1. The van der Waals surface area contributed by atoms with Crippen LogP contribution in [0.2, 0.25) is 0 Å². The topological polar surface area (TPSA) is 58.2 Å². The Morgan fingerprint density at radius 1 is 1.28 bits per heavy atom.